The monoisotopic (exact) mass is 270 g/mol. The summed E-state index contributed by atoms with van der Waals surface area (Å²) in [5, 5.41) is 11.1. The van der Waals surface area contributed by atoms with Crippen LogP contribution in [0.15, 0.2) is 18.2 Å². The standard InChI is InChI=1S/C13H19ClN2O2/c1-8(2)12(9(3)15)6-10-4-5-11(16(17)18)7-13(10)14/h4-5,7-9,12H,6,15H2,1-3H3. The van der Waals surface area contributed by atoms with Gasteiger partial charge in [0.15, 0.2) is 0 Å². The van der Waals surface area contributed by atoms with Crippen molar-refractivity contribution in [1.82, 2.24) is 0 Å². The van der Waals surface area contributed by atoms with Gasteiger partial charge in [-0.2, -0.15) is 0 Å². The molecule has 0 spiro atoms. The number of halogens is 1. The van der Waals surface area contributed by atoms with E-state index in [1.54, 1.807) is 6.07 Å². The fourth-order valence-electron chi connectivity index (χ4n) is 2.10. The van der Waals surface area contributed by atoms with Gasteiger partial charge in [0.25, 0.3) is 5.69 Å². The zero-order chi connectivity index (χ0) is 13.9. The zero-order valence-electron chi connectivity index (χ0n) is 10.9. The molecular formula is C13H19ClN2O2. The van der Waals surface area contributed by atoms with Gasteiger partial charge in [0.05, 0.1) is 9.95 Å². The number of nitro benzene ring substituents is 1. The first-order valence-corrected chi connectivity index (χ1v) is 6.39. The highest BCUT2D eigenvalue weighted by Crippen LogP contribution is 2.27. The van der Waals surface area contributed by atoms with E-state index in [-0.39, 0.29) is 11.7 Å². The largest absolute Gasteiger partial charge is 0.328 e. The minimum atomic E-state index is -0.443. The van der Waals surface area contributed by atoms with Crippen molar-refractivity contribution in [2.45, 2.75) is 33.2 Å². The molecule has 1 rings (SSSR count). The first-order valence-electron chi connectivity index (χ1n) is 6.01. The van der Waals surface area contributed by atoms with Gasteiger partial charge in [-0.15, -0.1) is 0 Å². The average molecular weight is 271 g/mol. The van der Waals surface area contributed by atoms with Crippen LogP contribution in [0.1, 0.15) is 26.3 Å². The molecule has 0 heterocycles. The molecule has 0 saturated heterocycles. The van der Waals surface area contributed by atoms with Gasteiger partial charge in [-0.25, -0.2) is 0 Å². The molecule has 0 radical (unpaired) electrons. The second-order valence-electron chi connectivity index (χ2n) is 5.00. The third kappa shape index (κ3) is 3.68. The lowest BCUT2D eigenvalue weighted by molar-refractivity contribution is -0.384. The minimum absolute atomic E-state index is 0.0191. The average Bonchev–Trinajstić information content (AvgIpc) is 2.25. The number of nitro groups is 1. The molecule has 0 aliphatic heterocycles. The molecule has 0 fully saturated rings. The van der Waals surface area contributed by atoms with Crippen molar-refractivity contribution in [2.75, 3.05) is 0 Å². The first-order chi connectivity index (χ1) is 8.32. The Morgan fingerprint density at radius 1 is 1.39 bits per heavy atom. The van der Waals surface area contributed by atoms with E-state index in [0.717, 1.165) is 12.0 Å². The molecule has 2 unspecified atom stereocenters. The normalized spacial score (nSPS) is 14.6. The Morgan fingerprint density at radius 2 is 2.00 bits per heavy atom. The summed E-state index contributed by atoms with van der Waals surface area (Å²) in [5.74, 6) is 0.750. The molecule has 2 N–H and O–H groups in total. The van der Waals surface area contributed by atoms with Crippen LogP contribution >= 0.6 is 11.6 Å². The second-order valence-corrected chi connectivity index (χ2v) is 5.41. The number of nitrogens with two attached hydrogens (primary N) is 1. The maximum absolute atomic E-state index is 10.6. The third-order valence-corrected chi connectivity index (χ3v) is 3.59. The van der Waals surface area contributed by atoms with Gasteiger partial charge in [0, 0.05) is 18.2 Å². The zero-order valence-corrected chi connectivity index (χ0v) is 11.6. The van der Waals surface area contributed by atoms with Crippen molar-refractivity contribution >= 4 is 17.3 Å². The van der Waals surface area contributed by atoms with Gasteiger partial charge in [0.1, 0.15) is 0 Å². The van der Waals surface area contributed by atoms with E-state index in [1.807, 2.05) is 6.92 Å². The van der Waals surface area contributed by atoms with E-state index in [4.69, 9.17) is 17.3 Å². The Morgan fingerprint density at radius 3 is 2.39 bits per heavy atom. The fourth-order valence-corrected chi connectivity index (χ4v) is 2.35. The molecular weight excluding hydrogens is 252 g/mol. The maximum atomic E-state index is 10.6. The fraction of sp³-hybridized carbons (Fsp3) is 0.538. The summed E-state index contributed by atoms with van der Waals surface area (Å²) < 4.78 is 0. The van der Waals surface area contributed by atoms with Crippen LogP contribution in [0, 0.1) is 22.0 Å². The summed E-state index contributed by atoms with van der Waals surface area (Å²) in [7, 11) is 0. The predicted molar refractivity (Wildman–Crippen MR) is 73.8 cm³/mol. The van der Waals surface area contributed by atoms with E-state index in [9.17, 15) is 10.1 Å². The number of benzene rings is 1. The van der Waals surface area contributed by atoms with Crippen LogP contribution < -0.4 is 5.73 Å². The Bertz CT molecular complexity index is 425. The van der Waals surface area contributed by atoms with E-state index in [0.29, 0.717) is 16.9 Å². The smallest absolute Gasteiger partial charge is 0.270 e. The summed E-state index contributed by atoms with van der Waals surface area (Å²) in [6, 6.07) is 4.67. The maximum Gasteiger partial charge on any atom is 0.270 e. The molecule has 5 heteroatoms. The Kier molecular flexibility index (Phi) is 5.11. The van der Waals surface area contributed by atoms with Crippen molar-refractivity contribution in [2.24, 2.45) is 17.6 Å². The molecule has 0 saturated carbocycles. The summed E-state index contributed by atoms with van der Waals surface area (Å²) in [6.07, 6.45) is 0.742. The summed E-state index contributed by atoms with van der Waals surface area (Å²) in [6.45, 7) is 6.21. The van der Waals surface area contributed by atoms with Crippen LogP contribution in [-0.2, 0) is 6.42 Å². The second kappa shape index (κ2) is 6.16. The molecule has 0 aliphatic rings. The van der Waals surface area contributed by atoms with Crippen LogP contribution in [0.4, 0.5) is 5.69 Å². The summed E-state index contributed by atoms with van der Waals surface area (Å²) in [5.41, 5.74) is 6.90. The van der Waals surface area contributed by atoms with Gasteiger partial charge in [-0.05, 0) is 30.7 Å². The van der Waals surface area contributed by atoms with E-state index >= 15 is 0 Å². The Hall–Kier alpha value is -1.13. The summed E-state index contributed by atoms with van der Waals surface area (Å²) >= 11 is 6.08. The predicted octanol–water partition coefficient (Wildman–Crippen LogP) is 3.41. The van der Waals surface area contributed by atoms with Crippen LogP contribution in [0.25, 0.3) is 0 Å². The van der Waals surface area contributed by atoms with Gasteiger partial charge < -0.3 is 5.73 Å². The highest BCUT2D eigenvalue weighted by atomic mass is 35.5. The van der Waals surface area contributed by atoms with E-state index in [2.05, 4.69) is 13.8 Å². The Balaban J connectivity index is 2.94. The number of non-ortho nitro benzene ring substituents is 1. The van der Waals surface area contributed by atoms with Crippen molar-refractivity contribution < 1.29 is 4.92 Å². The SMILES string of the molecule is CC(C)C(Cc1ccc([N+](=O)[O-])cc1Cl)C(C)N. The molecule has 0 aromatic heterocycles. The van der Waals surface area contributed by atoms with E-state index < -0.39 is 4.92 Å². The van der Waals surface area contributed by atoms with Gasteiger partial charge in [0.2, 0.25) is 0 Å². The van der Waals surface area contributed by atoms with Gasteiger partial charge in [-0.3, -0.25) is 10.1 Å². The minimum Gasteiger partial charge on any atom is -0.328 e. The molecule has 1 aromatic carbocycles. The van der Waals surface area contributed by atoms with Crippen LogP contribution in [-0.4, -0.2) is 11.0 Å². The highest BCUT2D eigenvalue weighted by molar-refractivity contribution is 6.31. The van der Waals surface area contributed by atoms with Crippen molar-refractivity contribution in [1.29, 1.82) is 0 Å². The van der Waals surface area contributed by atoms with Crippen LogP contribution in [0.5, 0.6) is 0 Å². The molecule has 1 aromatic rings. The number of rotatable bonds is 5. The van der Waals surface area contributed by atoms with Crippen molar-refractivity contribution in [3.63, 3.8) is 0 Å². The molecule has 4 nitrogen and oxygen atoms in total. The van der Waals surface area contributed by atoms with Crippen LogP contribution in [0.3, 0.4) is 0 Å². The van der Waals surface area contributed by atoms with Gasteiger partial charge >= 0.3 is 0 Å². The molecule has 2 atom stereocenters. The van der Waals surface area contributed by atoms with Gasteiger partial charge in [-0.1, -0.05) is 31.5 Å². The highest BCUT2D eigenvalue weighted by Gasteiger charge is 2.20. The molecule has 18 heavy (non-hydrogen) atoms. The topological polar surface area (TPSA) is 69.2 Å². The molecule has 100 valence electrons. The van der Waals surface area contributed by atoms with E-state index in [1.165, 1.54) is 12.1 Å². The third-order valence-electron chi connectivity index (χ3n) is 3.23. The lowest BCUT2D eigenvalue weighted by Gasteiger charge is -2.25. The van der Waals surface area contributed by atoms with Crippen molar-refractivity contribution in [3.8, 4) is 0 Å². The molecule has 0 bridgehead atoms. The molecule has 0 amide bonds. The molecule has 0 aliphatic carbocycles. The number of hydrogen-bond acceptors (Lipinski definition) is 3. The van der Waals surface area contributed by atoms with Crippen molar-refractivity contribution in [3.05, 3.63) is 38.9 Å². The summed E-state index contributed by atoms with van der Waals surface area (Å²) in [4.78, 5) is 10.2. The quantitative estimate of drug-likeness (QED) is 0.658. The first kappa shape index (κ1) is 14.9. The number of nitrogens with zero attached hydrogens (tertiary/aromatic N) is 1. The number of hydrogen-bond donors (Lipinski definition) is 1. The Labute approximate surface area is 112 Å². The lowest BCUT2D eigenvalue weighted by Crippen LogP contribution is -2.32. The van der Waals surface area contributed by atoms with Crippen LogP contribution in [0.2, 0.25) is 5.02 Å². The lowest BCUT2D eigenvalue weighted by atomic mass is 9.84.